The molecule has 0 atom stereocenters. The van der Waals surface area contributed by atoms with Crippen LogP contribution in [0.2, 0.25) is 0 Å². The average Bonchev–Trinajstić information content (AvgIpc) is 3.02. The molecule has 7 heteroatoms. The van der Waals surface area contributed by atoms with Crippen LogP contribution >= 0.6 is 0 Å². The maximum Gasteiger partial charge on any atom is 0.243 e. The van der Waals surface area contributed by atoms with Crippen molar-refractivity contribution in [3.05, 3.63) is 42.5 Å². The van der Waals surface area contributed by atoms with Gasteiger partial charge < -0.3 is 0 Å². The van der Waals surface area contributed by atoms with Crippen molar-refractivity contribution in [1.82, 2.24) is 19.1 Å². The van der Waals surface area contributed by atoms with Crippen molar-refractivity contribution in [2.45, 2.75) is 30.7 Å². The van der Waals surface area contributed by atoms with Crippen molar-refractivity contribution in [3.8, 4) is 0 Å². The quantitative estimate of drug-likeness (QED) is 0.864. The van der Waals surface area contributed by atoms with E-state index in [-0.39, 0.29) is 6.04 Å². The molecule has 0 aliphatic carbocycles. The standard InChI is InChI=1S/C14H18N4O2S/c1-12-2-4-14(5-3-12)21(19,20)17-8-6-13(7-9-17)18-11-15-10-16-18/h2-5,10-11,13H,6-9H2,1H3. The molecule has 0 N–H and O–H groups in total. The van der Waals surface area contributed by atoms with Crippen molar-refractivity contribution in [2.75, 3.05) is 13.1 Å². The lowest BCUT2D eigenvalue weighted by Gasteiger charge is -2.31. The van der Waals surface area contributed by atoms with Crippen LogP contribution in [0.15, 0.2) is 41.8 Å². The molecular weight excluding hydrogens is 288 g/mol. The van der Waals surface area contributed by atoms with Crippen molar-refractivity contribution >= 4 is 10.0 Å². The summed E-state index contributed by atoms with van der Waals surface area (Å²) in [5.74, 6) is 0. The number of hydrogen-bond donors (Lipinski definition) is 0. The first kappa shape index (κ1) is 14.2. The maximum atomic E-state index is 12.6. The summed E-state index contributed by atoms with van der Waals surface area (Å²) in [4.78, 5) is 4.31. The Kier molecular flexibility index (Phi) is 3.77. The highest BCUT2D eigenvalue weighted by molar-refractivity contribution is 7.89. The summed E-state index contributed by atoms with van der Waals surface area (Å²) >= 11 is 0. The van der Waals surface area contributed by atoms with E-state index < -0.39 is 10.0 Å². The van der Waals surface area contributed by atoms with Crippen LogP contribution in [0.3, 0.4) is 0 Å². The molecule has 1 aliphatic heterocycles. The Bertz CT molecular complexity index is 687. The first-order chi connectivity index (χ1) is 10.1. The predicted octanol–water partition coefficient (Wildman–Crippen LogP) is 1.61. The minimum Gasteiger partial charge on any atom is -0.250 e. The minimum absolute atomic E-state index is 0.233. The largest absolute Gasteiger partial charge is 0.250 e. The Morgan fingerprint density at radius 1 is 1.14 bits per heavy atom. The summed E-state index contributed by atoms with van der Waals surface area (Å²) < 4.78 is 28.5. The molecule has 3 rings (SSSR count). The summed E-state index contributed by atoms with van der Waals surface area (Å²) in [7, 11) is -3.38. The van der Waals surface area contributed by atoms with E-state index in [1.54, 1.807) is 22.8 Å². The Hall–Kier alpha value is -1.73. The van der Waals surface area contributed by atoms with Gasteiger partial charge in [-0.1, -0.05) is 17.7 Å². The normalized spacial score (nSPS) is 18.0. The number of piperidine rings is 1. The van der Waals surface area contributed by atoms with Crippen LogP contribution in [0.1, 0.15) is 24.4 Å². The minimum atomic E-state index is -3.38. The van der Waals surface area contributed by atoms with Crippen LogP contribution in [-0.4, -0.2) is 40.6 Å². The zero-order valence-corrected chi connectivity index (χ0v) is 12.7. The first-order valence-corrected chi connectivity index (χ1v) is 8.42. The Balaban J connectivity index is 1.72. The predicted molar refractivity (Wildman–Crippen MR) is 78.2 cm³/mol. The molecule has 1 aromatic carbocycles. The second kappa shape index (κ2) is 5.57. The van der Waals surface area contributed by atoms with Gasteiger partial charge in [0, 0.05) is 13.1 Å². The zero-order chi connectivity index (χ0) is 14.9. The number of rotatable bonds is 3. The van der Waals surface area contributed by atoms with E-state index in [9.17, 15) is 8.42 Å². The lowest BCUT2D eigenvalue weighted by molar-refractivity contribution is 0.260. The molecule has 112 valence electrons. The molecule has 0 saturated carbocycles. The van der Waals surface area contributed by atoms with Gasteiger partial charge in [-0.25, -0.2) is 18.1 Å². The molecule has 2 heterocycles. The van der Waals surface area contributed by atoms with E-state index in [2.05, 4.69) is 10.1 Å². The SMILES string of the molecule is Cc1ccc(S(=O)(=O)N2CCC(n3cncn3)CC2)cc1. The van der Waals surface area contributed by atoms with Crippen LogP contribution in [0.5, 0.6) is 0 Å². The number of aromatic nitrogens is 3. The second-order valence-corrected chi connectivity index (χ2v) is 7.26. The number of hydrogen-bond acceptors (Lipinski definition) is 4. The van der Waals surface area contributed by atoms with Crippen LogP contribution in [0.4, 0.5) is 0 Å². The number of nitrogens with zero attached hydrogens (tertiary/aromatic N) is 4. The molecule has 0 bridgehead atoms. The van der Waals surface area contributed by atoms with Crippen molar-refractivity contribution < 1.29 is 8.42 Å². The summed E-state index contributed by atoms with van der Waals surface area (Å²) in [6.45, 7) is 2.97. The van der Waals surface area contributed by atoms with E-state index in [4.69, 9.17) is 0 Å². The number of benzene rings is 1. The third-order valence-corrected chi connectivity index (χ3v) is 5.81. The first-order valence-electron chi connectivity index (χ1n) is 6.98. The smallest absolute Gasteiger partial charge is 0.243 e. The van der Waals surface area contributed by atoms with E-state index in [0.29, 0.717) is 18.0 Å². The van der Waals surface area contributed by atoms with Gasteiger partial charge in [0.2, 0.25) is 10.0 Å². The molecule has 0 radical (unpaired) electrons. The van der Waals surface area contributed by atoms with Gasteiger partial charge in [-0.15, -0.1) is 0 Å². The molecule has 21 heavy (non-hydrogen) atoms. The van der Waals surface area contributed by atoms with Gasteiger partial charge in [0.05, 0.1) is 10.9 Å². The lowest BCUT2D eigenvalue weighted by Crippen LogP contribution is -2.39. The average molecular weight is 306 g/mol. The molecule has 2 aromatic rings. The molecule has 1 saturated heterocycles. The lowest BCUT2D eigenvalue weighted by atomic mass is 10.1. The Labute approximate surface area is 124 Å². The fourth-order valence-corrected chi connectivity index (χ4v) is 4.08. The zero-order valence-electron chi connectivity index (χ0n) is 11.9. The monoisotopic (exact) mass is 306 g/mol. The highest BCUT2D eigenvalue weighted by Gasteiger charge is 2.30. The second-order valence-electron chi connectivity index (χ2n) is 5.32. The van der Waals surface area contributed by atoms with Crippen LogP contribution < -0.4 is 0 Å². The van der Waals surface area contributed by atoms with Gasteiger partial charge >= 0.3 is 0 Å². The third kappa shape index (κ3) is 2.84. The fraction of sp³-hybridized carbons (Fsp3) is 0.429. The maximum absolute atomic E-state index is 12.6. The third-order valence-electron chi connectivity index (χ3n) is 3.89. The van der Waals surface area contributed by atoms with Crippen LogP contribution in [-0.2, 0) is 10.0 Å². The molecule has 6 nitrogen and oxygen atoms in total. The van der Waals surface area contributed by atoms with E-state index >= 15 is 0 Å². The molecule has 1 aliphatic rings. The van der Waals surface area contributed by atoms with Crippen LogP contribution in [0.25, 0.3) is 0 Å². The van der Waals surface area contributed by atoms with Gasteiger partial charge in [0.15, 0.2) is 0 Å². The van der Waals surface area contributed by atoms with Crippen molar-refractivity contribution in [1.29, 1.82) is 0 Å². The summed E-state index contributed by atoms with van der Waals surface area (Å²) in [5, 5.41) is 4.13. The summed E-state index contributed by atoms with van der Waals surface area (Å²) in [6, 6.07) is 7.24. The molecule has 1 aromatic heterocycles. The van der Waals surface area contributed by atoms with Gasteiger partial charge in [-0.05, 0) is 31.9 Å². The highest BCUT2D eigenvalue weighted by atomic mass is 32.2. The van der Waals surface area contributed by atoms with E-state index in [0.717, 1.165) is 18.4 Å². The molecule has 0 unspecified atom stereocenters. The summed E-state index contributed by atoms with van der Waals surface area (Å²) in [6.07, 6.45) is 4.72. The Morgan fingerprint density at radius 2 is 1.81 bits per heavy atom. The van der Waals surface area contributed by atoms with E-state index in [1.807, 2.05) is 23.7 Å². The number of aryl methyl sites for hydroxylation is 1. The highest BCUT2D eigenvalue weighted by Crippen LogP contribution is 2.26. The van der Waals surface area contributed by atoms with Gasteiger partial charge in [0.25, 0.3) is 0 Å². The molecule has 0 spiro atoms. The van der Waals surface area contributed by atoms with Gasteiger partial charge in [-0.3, -0.25) is 0 Å². The fourth-order valence-electron chi connectivity index (χ4n) is 2.61. The topological polar surface area (TPSA) is 68.1 Å². The molecule has 1 fully saturated rings. The summed E-state index contributed by atoms with van der Waals surface area (Å²) in [5.41, 5.74) is 1.05. The molecular formula is C14H18N4O2S. The number of sulfonamides is 1. The van der Waals surface area contributed by atoms with Crippen molar-refractivity contribution in [3.63, 3.8) is 0 Å². The van der Waals surface area contributed by atoms with Gasteiger partial charge in [-0.2, -0.15) is 9.40 Å². The van der Waals surface area contributed by atoms with Gasteiger partial charge in [0.1, 0.15) is 12.7 Å². The van der Waals surface area contributed by atoms with Crippen molar-refractivity contribution in [2.24, 2.45) is 0 Å². The Morgan fingerprint density at radius 3 is 2.38 bits per heavy atom. The van der Waals surface area contributed by atoms with E-state index in [1.165, 1.54) is 6.33 Å². The van der Waals surface area contributed by atoms with Crippen LogP contribution in [0, 0.1) is 6.92 Å². The molecule has 0 amide bonds.